The molecule has 8 nitrogen and oxygen atoms in total. The first-order chi connectivity index (χ1) is 13.9. The van der Waals surface area contributed by atoms with Crippen LogP contribution in [0.4, 0.5) is 0 Å². The van der Waals surface area contributed by atoms with Crippen LogP contribution in [0.1, 0.15) is 77.6 Å². The number of carbonyl (C=O) groups is 1. The number of ether oxygens (including phenoxy) is 3. The number of aliphatic hydroxyl groups excluding tert-OH is 4. The molecular weight excluding hydrogens is 380 g/mol. The van der Waals surface area contributed by atoms with Crippen molar-refractivity contribution in [2.45, 2.75) is 114 Å². The lowest BCUT2D eigenvalue weighted by Crippen LogP contribution is -2.59. The number of aliphatic hydroxyl groups is 4. The van der Waals surface area contributed by atoms with Gasteiger partial charge < -0.3 is 34.6 Å². The van der Waals surface area contributed by atoms with E-state index in [4.69, 9.17) is 9.47 Å². The Kier molecular flexibility index (Phi) is 13.7. The fraction of sp³-hybridized carbons (Fsp3) is 0.952. The second-order valence-corrected chi connectivity index (χ2v) is 7.83. The molecule has 0 aromatic heterocycles. The second kappa shape index (κ2) is 15.1. The van der Waals surface area contributed by atoms with Crippen LogP contribution in [0.3, 0.4) is 0 Å². The SMILES string of the molecule is CCCC(CCCCCCCCCC(=O)OC)O[C@@H]1O[C@H](CO)[C@@H](O)[C@H](O)[C@H]1O. The summed E-state index contributed by atoms with van der Waals surface area (Å²) in [4.78, 5) is 11.0. The molecule has 1 fully saturated rings. The van der Waals surface area contributed by atoms with E-state index in [0.717, 1.165) is 64.2 Å². The predicted molar refractivity (Wildman–Crippen MR) is 107 cm³/mol. The fourth-order valence-electron chi connectivity index (χ4n) is 3.60. The zero-order valence-electron chi connectivity index (χ0n) is 17.9. The quantitative estimate of drug-likeness (QED) is 0.233. The lowest BCUT2D eigenvalue weighted by atomic mass is 9.99. The highest BCUT2D eigenvalue weighted by Crippen LogP contribution is 2.25. The Labute approximate surface area is 174 Å². The summed E-state index contributed by atoms with van der Waals surface area (Å²) >= 11 is 0. The molecule has 0 aromatic carbocycles. The number of hydrogen-bond donors (Lipinski definition) is 4. The molecule has 0 aromatic rings. The first-order valence-electron chi connectivity index (χ1n) is 11.0. The lowest BCUT2D eigenvalue weighted by molar-refractivity contribution is -0.312. The molecule has 1 rings (SSSR count). The van der Waals surface area contributed by atoms with Crippen LogP contribution in [0.25, 0.3) is 0 Å². The van der Waals surface area contributed by atoms with Crippen LogP contribution in [0, 0.1) is 0 Å². The highest BCUT2D eigenvalue weighted by Gasteiger charge is 2.44. The van der Waals surface area contributed by atoms with E-state index >= 15 is 0 Å². The van der Waals surface area contributed by atoms with Crippen molar-refractivity contribution >= 4 is 5.97 Å². The van der Waals surface area contributed by atoms with E-state index in [1.165, 1.54) is 7.11 Å². The van der Waals surface area contributed by atoms with E-state index in [-0.39, 0.29) is 12.1 Å². The van der Waals surface area contributed by atoms with Crippen LogP contribution in [-0.2, 0) is 19.0 Å². The molecule has 0 radical (unpaired) electrons. The van der Waals surface area contributed by atoms with Gasteiger partial charge in [0.25, 0.3) is 0 Å². The molecule has 29 heavy (non-hydrogen) atoms. The number of carbonyl (C=O) groups excluding carboxylic acids is 1. The molecule has 1 heterocycles. The van der Waals surface area contributed by atoms with Gasteiger partial charge in [0, 0.05) is 6.42 Å². The second-order valence-electron chi connectivity index (χ2n) is 7.83. The van der Waals surface area contributed by atoms with Gasteiger partial charge in [-0.25, -0.2) is 0 Å². The summed E-state index contributed by atoms with van der Waals surface area (Å²) in [7, 11) is 1.41. The molecule has 1 aliphatic heterocycles. The molecule has 0 amide bonds. The summed E-state index contributed by atoms with van der Waals surface area (Å²) < 4.78 is 16.0. The third-order valence-electron chi connectivity index (χ3n) is 5.42. The van der Waals surface area contributed by atoms with Crippen molar-refractivity contribution in [2.24, 2.45) is 0 Å². The highest BCUT2D eigenvalue weighted by molar-refractivity contribution is 5.68. The molecule has 1 aliphatic rings. The van der Waals surface area contributed by atoms with Crippen LogP contribution in [0.5, 0.6) is 0 Å². The van der Waals surface area contributed by atoms with E-state index in [1.807, 2.05) is 0 Å². The van der Waals surface area contributed by atoms with Crippen LogP contribution in [0.15, 0.2) is 0 Å². The van der Waals surface area contributed by atoms with Gasteiger partial charge in [0.2, 0.25) is 0 Å². The van der Waals surface area contributed by atoms with Gasteiger partial charge in [-0.1, -0.05) is 51.9 Å². The Morgan fingerprint density at radius 1 is 0.931 bits per heavy atom. The third-order valence-corrected chi connectivity index (χ3v) is 5.42. The summed E-state index contributed by atoms with van der Waals surface area (Å²) in [6.07, 6.45) is 4.14. The molecule has 1 saturated heterocycles. The molecule has 6 atom stereocenters. The first-order valence-corrected chi connectivity index (χ1v) is 11.0. The van der Waals surface area contributed by atoms with E-state index in [9.17, 15) is 25.2 Å². The van der Waals surface area contributed by atoms with E-state index in [2.05, 4.69) is 11.7 Å². The first kappa shape index (κ1) is 26.3. The molecule has 0 bridgehead atoms. The highest BCUT2D eigenvalue weighted by atomic mass is 16.7. The minimum atomic E-state index is -1.41. The maximum atomic E-state index is 11.0. The number of methoxy groups -OCH3 is 1. The summed E-state index contributed by atoms with van der Waals surface area (Å²) in [6, 6.07) is 0. The van der Waals surface area contributed by atoms with Gasteiger partial charge in [0.05, 0.1) is 19.8 Å². The van der Waals surface area contributed by atoms with Crippen molar-refractivity contribution in [1.29, 1.82) is 0 Å². The van der Waals surface area contributed by atoms with Crippen LogP contribution >= 0.6 is 0 Å². The van der Waals surface area contributed by atoms with Crippen molar-refractivity contribution in [1.82, 2.24) is 0 Å². The van der Waals surface area contributed by atoms with Crippen LogP contribution in [0.2, 0.25) is 0 Å². The number of esters is 1. The number of hydrogen-bond acceptors (Lipinski definition) is 8. The Morgan fingerprint density at radius 2 is 1.55 bits per heavy atom. The largest absolute Gasteiger partial charge is 0.469 e. The molecule has 8 heteroatoms. The van der Waals surface area contributed by atoms with Gasteiger partial charge in [-0.15, -0.1) is 0 Å². The standard InChI is InChI=1S/C21H40O8/c1-3-11-15(12-9-7-5-4-6-8-10-13-17(23)27-2)28-21-20(26)19(25)18(24)16(14-22)29-21/h15-16,18-22,24-26H,3-14H2,1-2H3/t15?,16-,18-,19+,20-,21-/m1/s1. The zero-order chi connectivity index (χ0) is 21.6. The third kappa shape index (κ3) is 9.72. The van der Waals surface area contributed by atoms with Gasteiger partial charge in [0.1, 0.15) is 24.4 Å². The molecule has 172 valence electrons. The molecule has 1 unspecified atom stereocenters. The van der Waals surface area contributed by atoms with Gasteiger partial charge in [-0.3, -0.25) is 4.79 Å². The average molecular weight is 421 g/mol. The van der Waals surface area contributed by atoms with Crippen molar-refractivity contribution < 1.29 is 39.4 Å². The smallest absolute Gasteiger partial charge is 0.305 e. The summed E-state index contributed by atoms with van der Waals surface area (Å²) in [6.45, 7) is 1.60. The van der Waals surface area contributed by atoms with E-state index < -0.39 is 37.3 Å². The Balaban J connectivity index is 2.25. The van der Waals surface area contributed by atoms with Gasteiger partial charge >= 0.3 is 5.97 Å². The van der Waals surface area contributed by atoms with Crippen molar-refractivity contribution in [3.05, 3.63) is 0 Å². The number of rotatable bonds is 15. The van der Waals surface area contributed by atoms with Gasteiger partial charge in [-0.05, 0) is 19.3 Å². The maximum absolute atomic E-state index is 11.0. The predicted octanol–water partition coefficient (Wildman–Crippen LogP) is 1.66. The summed E-state index contributed by atoms with van der Waals surface area (Å²) in [5.74, 6) is -0.147. The van der Waals surface area contributed by atoms with Crippen molar-refractivity contribution in [3.63, 3.8) is 0 Å². The van der Waals surface area contributed by atoms with Crippen LogP contribution in [-0.4, -0.2) is 76.9 Å². The maximum Gasteiger partial charge on any atom is 0.305 e. The normalized spacial score (nSPS) is 28.3. The Hall–Kier alpha value is -0.770. The average Bonchev–Trinajstić information content (AvgIpc) is 2.72. The van der Waals surface area contributed by atoms with Crippen LogP contribution < -0.4 is 0 Å². The van der Waals surface area contributed by atoms with Crippen molar-refractivity contribution in [3.8, 4) is 0 Å². The summed E-state index contributed by atoms with van der Waals surface area (Å²) in [5.41, 5.74) is 0. The minimum absolute atomic E-state index is 0.110. The monoisotopic (exact) mass is 420 g/mol. The zero-order valence-corrected chi connectivity index (χ0v) is 17.9. The van der Waals surface area contributed by atoms with E-state index in [1.54, 1.807) is 0 Å². The minimum Gasteiger partial charge on any atom is -0.469 e. The molecule has 0 aliphatic carbocycles. The van der Waals surface area contributed by atoms with Gasteiger partial charge in [0.15, 0.2) is 6.29 Å². The topological polar surface area (TPSA) is 126 Å². The van der Waals surface area contributed by atoms with E-state index in [0.29, 0.717) is 6.42 Å². The molecule has 0 spiro atoms. The Morgan fingerprint density at radius 3 is 2.14 bits per heavy atom. The molecular formula is C21H40O8. The van der Waals surface area contributed by atoms with Gasteiger partial charge in [-0.2, -0.15) is 0 Å². The molecule has 0 saturated carbocycles. The summed E-state index contributed by atoms with van der Waals surface area (Å²) in [5, 5.41) is 39.2. The van der Waals surface area contributed by atoms with Crippen molar-refractivity contribution in [2.75, 3.05) is 13.7 Å². The lowest BCUT2D eigenvalue weighted by Gasteiger charge is -2.41. The molecule has 4 N–H and O–H groups in total. The Bertz CT molecular complexity index is 431. The number of unbranched alkanes of at least 4 members (excludes halogenated alkanes) is 6. The fourth-order valence-corrected chi connectivity index (χ4v) is 3.60.